The van der Waals surface area contributed by atoms with E-state index in [9.17, 15) is 15.0 Å². The predicted octanol–water partition coefficient (Wildman–Crippen LogP) is 24.9. The Morgan fingerprint density at radius 3 is 0.769 bits per heavy atom. The fourth-order valence-corrected chi connectivity index (χ4v) is 11.9. The second kappa shape index (κ2) is 70.1. The van der Waals surface area contributed by atoms with E-state index in [1.54, 1.807) is 0 Å². The van der Waals surface area contributed by atoms with Gasteiger partial charge in [0.1, 0.15) is 0 Å². The maximum Gasteiger partial charge on any atom is 0.220 e. The molecule has 2 unspecified atom stereocenters. The van der Waals surface area contributed by atoms with Crippen molar-refractivity contribution in [3.05, 3.63) is 24.3 Å². The monoisotopic (exact) mass is 1100 g/mol. The van der Waals surface area contributed by atoms with Crippen LogP contribution in [-0.2, 0) is 4.79 Å². The molecule has 3 N–H and O–H groups in total. The van der Waals surface area contributed by atoms with Crippen molar-refractivity contribution in [3.8, 4) is 0 Å². The van der Waals surface area contributed by atoms with E-state index in [1.165, 1.54) is 366 Å². The number of hydrogen-bond donors (Lipinski definition) is 3. The molecule has 0 spiro atoms. The average molecular weight is 1100 g/mol. The number of amides is 1. The van der Waals surface area contributed by atoms with E-state index in [0.717, 1.165) is 32.1 Å². The van der Waals surface area contributed by atoms with E-state index in [2.05, 4.69) is 43.5 Å². The quantitative estimate of drug-likeness (QED) is 0.0420. The second-order valence-corrected chi connectivity index (χ2v) is 25.4. The Morgan fingerprint density at radius 1 is 0.308 bits per heavy atom. The van der Waals surface area contributed by atoms with Gasteiger partial charge in [0.05, 0.1) is 18.8 Å². The molecule has 4 nitrogen and oxygen atoms in total. The SMILES string of the molecule is CCCCCCC/C=C\C/C=C\CCCCCCCCCCCCCCCCCCCCCCCC(=O)NC(CO)C(O)CCCCCCCCCCCCCCCCCCCCCCCCCCCCCCCCCCC. The number of hydrogen-bond acceptors (Lipinski definition) is 3. The first kappa shape index (κ1) is 76.9. The van der Waals surface area contributed by atoms with Crippen LogP contribution >= 0.6 is 0 Å². The first-order chi connectivity index (χ1) is 38.7. The summed E-state index contributed by atoms with van der Waals surface area (Å²) in [6, 6.07) is -0.536. The van der Waals surface area contributed by atoms with Crippen LogP contribution in [0.1, 0.15) is 425 Å². The first-order valence-electron chi connectivity index (χ1n) is 36.5. The van der Waals surface area contributed by atoms with Crippen molar-refractivity contribution < 1.29 is 15.0 Å². The van der Waals surface area contributed by atoms with Gasteiger partial charge >= 0.3 is 0 Å². The van der Waals surface area contributed by atoms with Crippen LogP contribution in [0.3, 0.4) is 0 Å². The second-order valence-electron chi connectivity index (χ2n) is 25.4. The zero-order chi connectivity index (χ0) is 56.2. The third-order valence-corrected chi connectivity index (χ3v) is 17.5. The minimum Gasteiger partial charge on any atom is -0.394 e. The third-order valence-electron chi connectivity index (χ3n) is 17.5. The van der Waals surface area contributed by atoms with Gasteiger partial charge < -0.3 is 15.5 Å². The Kier molecular flexibility index (Phi) is 69.1. The van der Waals surface area contributed by atoms with Crippen LogP contribution in [0.15, 0.2) is 24.3 Å². The lowest BCUT2D eigenvalue weighted by molar-refractivity contribution is -0.123. The van der Waals surface area contributed by atoms with Gasteiger partial charge in [0.2, 0.25) is 5.91 Å². The standard InChI is InChI=1S/C74H145NO3/c1-3-5-7-9-11-13-15-17-19-21-23-25-27-29-31-33-35-37-39-41-43-45-47-49-51-53-55-57-59-61-63-65-67-69-73(77)72(71-76)75-74(78)70-68-66-64-62-60-58-56-54-52-50-48-46-44-42-40-38-36-34-32-30-28-26-24-22-20-18-16-14-12-10-8-6-4-2/h16,18,22,24,72-73,76-77H,3-15,17,19-21,23,25-71H2,1-2H3,(H,75,78)/b18-16-,24-22-. The molecule has 0 saturated carbocycles. The van der Waals surface area contributed by atoms with Gasteiger partial charge in [-0.3, -0.25) is 4.79 Å². The smallest absolute Gasteiger partial charge is 0.220 e. The van der Waals surface area contributed by atoms with Crippen LogP contribution < -0.4 is 5.32 Å². The highest BCUT2D eigenvalue weighted by atomic mass is 16.3. The van der Waals surface area contributed by atoms with Crippen LogP contribution in [0.25, 0.3) is 0 Å². The first-order valence-corrected chi connectivity index (χ1v) is 36.5. The van der Waals surface area contributed by atoms with Gasteiger partial charge in [-0.05, 0) is 44.9 Å². The summed E-state index contributed by atoms with van der Waals surface area (Å²) in [4.78, 5) is 12.6. The predicted molar refractivity (Wildman–Crippen MR) is 350 cm³/mol. The number of carbonyl (C=O) groups excluding carboxylic acids is 1. The zero-order valence-corrected chi connectivity index (χ0v) is 53.7. The van der Waals surface area contributed by atoms with E-state index < -0.39 is 12.1 Å². The summed E-state index contributed by atoms with van der Waals surface area (Å²) in [5.74, 6) is -0.0213. The molecule has 0 saturated heterocycles. The molecule has 0 rings (SSSR count). The molecule has 0 aliphatic carbocycles. The van der Waals surface area contributed by atoms with Crippen LogP contribution in [-0.4, -0.2) is 34.9 Å². The lowest BCUT2D eigenvalue weighted by Crippen LogP contribution is -2.45. The average Bonchev–Trinajstić information content (AvgIpc) is 3.44. The molecule has 2 atom stereocenters. The number of unbranched alkanes of at least 4 members (excludes halogenated alkanes) is 58. The number of aliphatic hydroxyl groups excluding tert-OH is 2. The molecule has 0 bridgehead atoms. The van der Waals surface area contributed by atoms with Crippen LogP contribution in [0, 0.1) is 0 Å². The summed E-state index contributed by atoms with van der Waals surface area (Å²) in [5, 5.41) is 23.5. The molecule has 0 aromatic heterocycles. The fraction of sp³-hybridized carbons (Fsp3) is 0.932. The summed E-state index contributed by atoms with van der Waals surface area (Å²) in [5.41, 5.74) is 0. The Labute approximate surface area is 491 Å². The van der Waals surface area contributed by atoms with E-state index >= 15 is 0 Å². The summed E-state index contributed by atoms with van der Waals surface area (Å²) < 4.78 is 0. The lowest BCUT2D eigenvalue weighted by atomic mass is 10.0. The van der Waals surface area contributed by atoms with Gasteiger partial charge in [0, 0.05) is 6.42 Å². The number of carbonyl (C=O) groups is 1. The van der Waals surface area contributed by atoms with E-state index in [-0.39, 0.29) is 12.5 Å². The Balaban J connectivity index is 3.37. The van der Waals surface area contributed by atoms with Gasteiger partial charge in [-0.25, -0.2) is 0 Å². The molecule has 1 amide bonds. The van der Waals surface area contributed by atoms with Gasteiger partial charge in [-0.1, -0.05) is 398 Å². The Hall–Kier alpha value is -1.13. The molecular formula is C74H145NO3. The number of nitrogens with one attached hydrogen (secondary N) is 1. The summed E-state index contributed by atoms with van der Waals surface area (Å²) in [7, 11) is 0. The van der Waals surface area contributed by atoms with Crippen LogP contribution in [0.2, 0.25) is 0 Å². The Morgan fingerprint density at radius 2 is 0.526 bits per heavy atom. The largest absolute Gasteiger partial charge is 0.394 e. The molecule has 0 aromatic carbocycles. The molecule has 78 heavy (non-hydrogen) atoms. The van der Waals surface area contributed by atoms with Crippen molar-refractivity contribution in [2.75, 3.05) is 6.61 Å². The molecule has 0 aliphatic rings. The third kappa shape index (κ3) is 65.7. The van der Waals surface area contributed by atoms with Crippen molar-refractivity contribution in [1.82, 2.24) is 5.32 Å². The summed E-state index contributed by atoms with van der Waals surface area (Å²) in [6.45, 7) is 4.40. The fourth-order valence-electron chi connectivity index (χ4n) is 11.9. The molecule has 0 fully saturated rings. The normalized spacial score (nSPS) is 12.7. The Bertz CT molecular complexity index is 1150. The molecule has 0 radical (unpaired) electrons. The van der Waals surface area contributed by atoms with E-state index in [0.29, 0.717) is 12.8 Å². The highest BCUT2D eigenvalue weighted by molar-refractivity contribution is 5.76. The number of allylic oxidation sites excluding steroid dienone is 4. The van der Waals surface area contributed by atoms with Gasteiger partial charge in [0.15, 0.2) is 0 Å². The molecule has 464 valence electrons. The molecule has 4 heteroatoms. The minimum atomic E-state index is -0.659. The van der Waals surface area contributed by atoms with Crippen molar-refractivity contribution >= 4 is 5.91 Å². The highest BCUT2D eigenvalue weighted by Crippen LogP contribution is 2.20. The van der Waals surface area contributed by atoms with Crippen molar-refractivity contribution in [2.24, 2.45) is 0 Å². The molecule has 0 aliphatic heterocycles. The van der Waals surface area contributed by atoms with Crippen molar-refractivity contribution in [2.45, 2.75) is 437 Å². The van der Waals surface area contributed by atoms with E-state index in [1.807, 2.05) is 0 Å². The van der Waals surface area contributed by atoms with Crippen molar-refractivity contribution in [3.63, 3.8) is 0 Å². The topological polar surface area (TPSA) is 69.6 Å². The van der Waals surface area contributed by atoms with Crippen LogP contribution in [0.5, 0.6) is 0 Å². The summed E-state index contributed by atoms with van der Waals surface area (Å²) in [6.07, 6.45) is 95.4. The lowest BCUT2D eigenvalue weighted by Gasteiger charge is -2.22. The zero-order valence-electron chi connectivity index (χ0n) is 53.7. The maximum absolute atomic E-state index is 12.6. The number of rotatable bonds is 69. The molecule has 0 heterocycles. The van der Waals surface area contributed by atoms with Crippen molar-refractivity contribution in [1.29, 1.82) is 0 Å². The van der Waals surface area contributed by atoms with Gasteiger partial charge in [-0.15, -0.1) is 0 Å². The van der Waals surface area contributed by atoms with Gasteiger partial charge in [0.25, 0.3) is 0 Å². The van der Waals surface area contributed by atoms with Crippen LogP contribution in [0.4, 0.5) is 0 Å². The highest BCUT2D eigenvalue weighted by Gasteiger charge is 2.20. The number of aliphatic hydroxyl groups is 2. The molecule has 0 aromatic rings. The van der Waals surface area contributed by atoms with Gasteiger partial charge in [-0.2, -0.15) is 0 Å². The summed E-state index contributed by atoms with van der Waals surface area (Å²) >= 11 is 0. The molecular weight excluding hydrogens is 951 g/mol. The minimum absolute atomic E-state index is 0.0213. The maximum atomic E-state index is 12.6. The van der Waals surface area contributed by atoms with E-state index in [4.69, 9.17) is 0 Å².